The highest BCUT2D eigenvalue weighted by Crippen LogP contribution is 2.47. The highest BCUT2D eigenvalue weighted by Gasteiger charge is 2.51. The van der Waals surface area contributed by atoms with Crippen LogP contribution in [0.3, 0.4) is 0 Å². The Morgan fingerprint density at radius 3 is 2.53 bits per heavy atom. The van der Waals surface area contributed by atoms with E-state index in [1.165, 1.54) is 44.9 Å². The fourth-order valence-electron chi connectivity index (χ4n) is 3.39. The minimum Gasteiger partial charge on any atom is -0.374 e. The Hall–Kier alpha value is -0.0800. The van der Waals surface area contributed by atoms with Crippen molar-refractivity contribution in [2.24, 2.45) is 5.41 Å². The molecule has 2 saturated carbocycles. The molecule has 2 heteroatoms. The highest BCUT2D eigenvalue weighted by atomic mass is 16.5. The number of rotatable bonds is 6. The molecule has 2 aliphatic rings. The van der Waals surface area contributed by atoms with Crippen LogP contribution in [-0.4, -0.2) is 24.8 Å². The van der Waals surface area contributed by atoms with E-state index in [1.54, 1.807) is 0 Å². The average molecular weight is 239 g/mol. The molecule has 0 aromatic heterocycles. The highest BCUT2D eigenvalue weighted by molar-refractivity contribution is 5.05. The van der Waals surface area contributed by atoms with Crippen LogP contribution in [0.4, 0.5) is 0 Å². The fraction of sp³-hybridized carbons (Fsp3) is 1.00. The van der Waals surface area contributed by atoms with Gasteiger partial charge in [0.05, 0.1) is 12.2 Å². The molecular formula is C15H29NO. The molecule has 0 spiro atoms. The van der Waals surface area contributed by atoms with Crippen molar-refractivity contribution >= 4 is 0 Å². The molecule has 3 atom stereocenters. The molecule has 0 amide bonds. The van der Waals surface area contributed by atoms with E-state index >= 15 is 0 Å². The fourth-order valence-corrected chi connectivity index (χ4v) is 3.39. The minimum absolute atomic E-state index is 0.373. The van der Waals surface area contributed by atoms with Gasteiger partial charge in [-0.05, 0) is 38.6 Å². The van der Waals surface area contributed by atoms with Gasteiger partial charge in [-0.3, -0.25) is 0 Å². The third kappa shape index (κ3) is 2.68. The summed E-state index contributed by atoms with van der Waals surface area (Å²) in [7, 11) is 0. The zero-order chi connectivity index (χ0) is 12.3. The van der Waals surface area contributed by atoms with Crippen molar-refractivity contribution in [3.63, 3.8) is 0 Å². The summed E-state index contributed by atoms with van der Waals surface area (Å²) < 4.78 is 6.32. The molecule has 0 bridgehead atoms. The van der Waals surface area contributed by atoms with E-state index < -0.39 is 0 Å². The zero-order valence-corrected chi connectivity index (χ0v) is 11.8. The van der Waals surface area contributed by atoms with Crippen molar-refractivity contribution in [1.29, 1.82) is 0 Å². The molecule has 0 radical (unpaired) electrons. The van der Waals surface area contributed by atoms with Crippen molar-refractivity contribution in [3.8, 4) is 0 Å². The monoisotopic (exact) mass is 239 g/mol. The standard InChI is InChI=1S/C15H29NO/c1-4-10-16-13-11-14(15(13,3)5-2)17-12-8-6-7-9-12/h12-14,16H,4-11H2,1-3H3. The summed E-state index contributed by atoms with van der Waals surface area (Å²) >= 11 is 0. The van der Waals surface area contributed by atoms with Crippen molar-refractivity contribution in [2.75, 3.05) is 6.54 Å². The lowest BCUT2D eigenvalue weighted by molar-refractivity contribution is -0.154. The van der Waals surface area contributed by atoms with Crippen LogP contribution in [0.2, 0.25) is 0 Å². The van der Waals surface area contributed by atoms with Crippen molar-refractivity contribution < 1.29 is 4.74 Å². The Morgan fingerprint density at radius 1 is 1.24 bits per heavy atom. The molecule has 1 N–H and O–H groups in total. The van der Waals surface area contributed by atoms with Gasteiger partial charge in [0, 0.05) is 11.5 Å². The maximum Gasteiger partial charge on any atom is 0.0662 e. The van der Waals surface area contributed by atoms with Gasteiger partial charge in [0.1, 0.15) is 0 Å². The summed E-state index contributed by atoms with van der Waals surface area (Å²) in [4.78, 5) is 0. The molecule has 17 heavy (non-hydrogen) atoms. The maximum absolute atomic E-state index is 6.32. The van der Waals surface area contributed by atoms with Gasteiger partial charge in [-0.25, -0.2) is 0 Å². The van der Waals surface area contributed by atoms with Crippen molar-refractivity contribution in [2.45, 2.75) is 84.0 Å². The van der Waals surface area contributed by atoms with Gasteiger partial charge in [-0.15, -0.1) is 0 Å². The van der Waals surface area contributed by atoms with Crippen LogP contribution in [0, 0.1) is 5.41 Å². The van der Waals surface area contributed by atoms with Crippen LogP contribution < -0.4 is 5.32 Å². The van der Waals surface area contributed by atoms with Gasteiger partial charge in [-0.2, -0.15) is 0 Å². The summed E-state index contributed by atoms with van der Waals surface area (Å²) in [5.74, 6) is 0. The van der Waals surface area contributed by atoms with E-state index in [9.17, 15) is 0 Å². The molecule has 0 heterocycles. The molecule has 0 aromatic carbocycles. The summed E-state index contributed by atoms with van der Waals surface area (Å²) in [6.45, 7) is 8.10. The number of hydrogen-bond acceptors (Lipinski definition) is 2. The molecule has 2 fully saturated rings. The minimum atomic E-state index is 0.373. The molecule has 100 valence electrons. The second kappa shape index (κ2) is 5.71. The van der Waals surface area contributed by atoms with E-state index in [0.29, 0.717) is 23.7 Å². The van der Waals surface area contributed by atoms with Crippen molar-refractivity contribution in [3.05, 3.63) is 0 Å². The number of hydrogen-bond donors (Lipinski definition) is 1. The Labute approximate surface area is 107 Å². The summed E-state index contributed by atoms with van der Waals surface area (Å²) in [6.07, 6.45) is 10.1. The van der Waals surface area contributed by atoms with Crippen LogP contribution >= 0.6 is 0 Å². The first-order chi connectivity index (χ1) is 8.20. The average Bonchev–Trinajstić information content (AvgIpc) is 2.84. The summed E-state index contributed by atoms with van der Waals surface area (Å²) in [6, 6.07) is 0.679. The van der Waals surface area contributed by atoms with E-state index in [4.69, 9.17) is 4.74 Å². The third-order valence-electron chi connectivity index (χ3n) is 5.04. The van der Waals surface area contributed by atoms with Crippen LogP contribution in [0.15, 0.2) is 0 Å². The van der Waals surface area contributed by atoms with Gasteiger partial charge >= 0.3 is 0 Å². The Bertz CT molecular complexity index is 237. The molecule has 0 saturated heterocycles. The predicted molar refractivity (Wildman–Crippen MR) is 72.2 cm³/mol. The van der Waals surface area contributed by atoms with E-state index in [2.05, 4.69) is 26.1 Å². The second-order valence-corrected chi connectivity index (χ2v) is 6.13. The first-order valence-corrected chi connectivity index (χ1v) is 7.59. The first-order valence-electron chi connectivity index (χ1n) is 7.59. The molecule has 0 aromatic rings. The predicted octanol–water partition coefficient (Wildman–Crippen LogP) is 3.50. The zero-order valence-electron chi connectivity index (χ0n) is 11.8. The van der Waals surface area contributed by atoms with E-state index in [0.717, 1.165) is 6.54 Å². The molecule has 2 nitrogen and oxygen atoms in total. The molecule has 2 rings (SSSR count). The Kier molecular flexibility index (Phi) is 4.48. The lowest BCUT2D eigenvalue weighted by atomic mass is 9.61. The van der Waals surface area contributed by atoms with Crippen LogP contribution in [0.1, 0.15) is 65.7 Å². The van der Waals surface area contributed by atoms with Crippen LogP contribution in [-0.2, 0) is 4.74 Å². The number of ether oxygens (including phenoxy) is 1. The first kappa shape index (κ1) is 13.4. The molecule has 3 unspecified atom stereocenters. The molecular weight excluding hydrogens is 210 g/mol. The lowest BCUT2D eigenvalue weighted by Crippen LogP contribution is -2.62. The largest absolute Gasteiger partial charge is 0.374 e. The second-order valence-electron chi connectivity index (χ2n) is 6.13. The summed E-state index contributed by atoms with van der Waals surface area (Å²) in [5.41, 5.74) is 0.373. The van der Waals surface area contributed by atoms with Gasteiger partial charge in [0.25, 0.3) is 0 Å². The van der Waals surface area contributed by atoms with Crippen LogP contribution in [0.5, 0.6) is 0 Å². The SMILES string of the molecule is CCCNC1CC(OC2CCCC2)C1(C)CC. The quantitative estimate of drug-likeness (QED) is 0.766. The number of nitrogens with one attached hydrogen (secondary N) is 1. The third-order valence-corrected chi connectivity index (χ3v) is 5.04. The van der Waals surface area contributed by atoms with Crippen molar-refractivity contribution in [1.82, 2.24) is 5.32 Å². The molecule has 0 aliphatic heterocycles. The Balaban J connectivity index is 1.83. The van der Waals surface area contributed by atoms with Crippen LogP contribution in [0.25, 0.3) is 0 Å². The van der Waals surface area contributed by atoms with E-state index in [-0.39, 0.29) is 0 Å². The van der Waals surface area contributed by atoms with Gasteiger partial charge in [0.15, 0.2) is 0 Å². The normalized spacial score (nSPS) is 38.3. The maximum atomic E-state index is 6.32. The lowest BCUT2D eigenvalue weighted by Gasteiger charge is -2.54. The summed E-state index contributed by atoms with van der Waals surface area (Å²) in [5, 5.41) is 3.69. The van der Waals surface area contributed by atoms with E-state index in [1.807, 2.05) is 0 Å². The molecule has 2 aliphatic carbocycles. The van der Waals surface area contributed by atoms with Gasteiger partial charge in [-0.1, -0.05) is 33.6 Å². The topological polar surface area (TPSA) is 21.3 Å². The van der Waals surface area contributed by atoms with Gasteiger partial charge in [0.2, 0.25) is 0 Å². The van der Waals surface area contributed by atoms with Gasteiger partial charge < -0.3 is 10.1 Å². The Morgan fingerprint density at radius 2 is 1.94 bits per heavy atom. The smallest absolute Gasteiger partial charge is 0.0662 e.